The summed E-state index contributed by atoms with van der Waals surface area (Å²) in [6.07, 6.45) is 8.31. The van der Waals surface area contributed by atoms with Crippen molar-refractivity contribution in [1.29, 1.82) is 0 Å². The van der Waals surface area contributed by atoms with Crippen molar-refractivity contribution in [3.8, 4) is 11.4 Å². The molecule has 1 aliphatic rings. The molecule has 3 aromatic rings. The zero-order valence-corrected chi connectivity index (χ0v) is 13.0. The van der Waals surface area contributed by atoms with E-state index in [0.29, 0.717) is 5.25 Å². The Morgan fingerprint density at radius 3 is 2.68 bits per heavy atom. The summed E-state index contributed by atoms with van der Waals surface area (Å²) in [6.45, 7) is 0. The highest BCUT2D eigenvalue weighted by atomic mass is 32.2. The number of hydrogen-bond donors (Lipinski definition) is 0. The molecule has 112 valence electrons. The molecule has 6 heteroatoms. The van der Waals surface area contributed by atoms with Crippen LogP contribution in [0.25, 0.3) is 17.0 Å². The SMILES string of the molecule is c1ccc(-c2ccc3nnc(SC4CCCCC4)n3n2)nc1. The molecule has 3 heterocycles. The first-order valence-corrected chi connectivity index (χ1v) is 8.59. The molecule has 0 saturated heterocycles. The van der Waals surface area contributed by atoms with Gasteiger partial charge in [0.15, 0.2) is 5.65 Å². The lowest BCUT2D eigenvalue weighted by molar-refractivity contribution is 0.515. The number of thioether (sulfide) groups is 1. The number of pyridine rings is 1. The van der Waals surface area contributed by atoms with Gasteiger partial charge in [-0.15, -0.1) is 10.2 Å². The molecule has 0 aromatic carbocycles. The smallest absolute Gasteiger partial charge is 0.212 e. The van der Waals surface area contributed by atoms with Gasteiger partial charge in [0.25, 0.3) is 0 Å². The van der Waals surface area contributed by atoms with Gasteiger partial charge in [-0.3, -0.25) is 4.98 Å². The molecule has 1 fully saturated rings. The van der Waals surface area contributed by atoms with Crippen LogP contribution in [-0.2, 0) is 0 Å². The predicted molar refractivity (Wildman–Crippen MR) is 86.7 cm³/mol. The van der Waals surface area contributed by atoms with Crippen molar-refractivity contribution in [2.45, 2.75) is 42.5 Å². The van der Waals surface area contributed by atoms with Gasteiger partial charge in [-0.25, -0.2) is 0 Å². The van der Waals surface area contributed by atoms with Crippen molar-refractivity contribution in [2.75, 3.05) is 0 Å². The van der Waals surface area contributed by atoms with E-state index in [4.69, 9.17) is 0 Å². The maximum atomic E-state index is 4.68. The average Bonchev–Trinajstić information content (AvgIpc) is 2.99. The van der Waals surface area contributed by atoms with Crippen LogP contribution in [0.5, 0.6) is 0 Å². The van der Waals surface area contributed by atoms with E-state index >= 15 is 0 Å². The van der Waals surface area contributed by atoms with Crippen LogP contribution in [0.4, 0.5) is 0 Å². The first-order valence-electron chi connectivity index (χ1n) is 7.71. The van der Waals surface area contributed by atoms with Gasteiger partial charge in [0.1, 0.15) is 5.69 Å². The number of rotatable bonds is 3. The lowest BCUT2D eigenvalue weighted by Gasteiger charge is -2.19. The minimum absolute atomic E-state index is 0.640. The lowest BCUT2D eigenvalue weighted by atomic mass is 10.0. The van der Waals surface area contributed by atoms with E-state index in [1.165, 1.54) is 32.1 Å². The normalized spacial score (nSPS) is 16.2. The Bertz CT molecular complexity index is 765. The fourth-order valence-corrected chi connectivity index (χ4v) is 4.01. The largest absolute Gasteiger partial charge is 0.255 e. The van der Waals surface area contributed by atoms with Gasteiger partial charge in [-0.1, -0.05) is 37.1 Å². The molecule has 1 aliphatic carbocycles. The number of fused-ring (bicyclic) bond motifs is 1. The summed E-state index contributed by atoms with van der Waals surface area (Å²) in [5.41, 5.74) is 2.50. The van der Waals surface area contributed by atoms with Gasteiger partial charge in [0, 0.05) is 11.4 Å². The third-order valence-electron chi connectivity index (χ3n) is 3.99. The van der Waals surface area contributed by atoms with E-state index in [1.807, 2.05) is 46.6 Å². The van der Waals surface area contributed by atoms with Crippen LogP contribution in [0, 0.1) is 0 Å². The Hall–Kier alpha value is -1.95. The summed E-state index contributed by atoms with van der Waals surface area (Å²) in [7, 11) is 0. The molecule has 0 atom stereocenters. The lowest BCUT2D eigenvalue weighted by Crippen LogP contribution is -2.09. The van der Waals surface area contributed by atoms with Crippen molar-refractivity contribution >= 4 is 17.4 Å². The van der Waals surface area contributed by atoms with Crippen molar-refractivity contribution in [3.05, 3.63) is 36.5 Å². The number of nitrogens with zero attached hydrogens (tertiary/aromatic N) is 5. The first kappa shape index (κ1) is 13.7. The second-order valence-corrected chi connectivity index (χ2v) is 6.83. The topological polar surface area (TPSA) is 56.0 Å². The summed E-state index contributed by atoms with van der Waals surface area (Å²) >= 11 is 1.81. The molecule has 0 N–H and O–H groups in total. The molecule has 1 saturated carbocycles. The minimum Gasteiger partial charge on any atom is -0.255 e. The molecule has 3 aromatic heterocycles. The van der Waals surface area contributed by atoms with Crippen LogP contribution in [0.15, 0.2) is 41.7 Å². The highest BCUT2D eigenvalue weighted by Gasteiger charge is 2.18. The zero-order valence-electron chi connectivity index (χ0n) is 12.2. The standard InChI is InChI=1S/C16H17N5S/c1-2-6-12(7-3-1)22-16-19-18-15-10-9-14(20-21(15)16)13-8-4-5-11-17-13/h4-5,8-12H,1-3,6-7H2. The third-order valence-corrected chi connectivity index (χ3v) is 5.26. The average molecular weight is 311 g/mol. The van der Waals surface area contributed by atoms with Crippen LogP contribution in [0.1, 0.15) is 32.1 Å². The molecule has 0 aliphatic heterocycles. The molecular weight excluding hydrogens is 294 g/mol. The Labute approximate surface area is 133 Å². The van der Waals surface area contributed by atoms with E-state index in [2.05, 4.69) is 20.3 Å². The second kappa shape index (κ2) is 6.04. The minimum atomic E-state index is 0.640. The van der Waals surface area contributed by atoms with Gasteiger partial charge in [0.2, 0.25) is 5.16 Å². The Balaban J connectivity index is 1.67. The summed E-state index contributed by atoms with van der Waals surface area (Å²) in [4.78, 5) is 4.36. The molecule has 4 rings (SSSR count). The van der Waals surface area contributed by atoms with Crippen molar-refractivity contribution in [3.63, 3.8) is 0 Å². The van der Waals surface area contributed by atoms with Crippen LogP contribution in [0.3, 0.4) is 0 Å². The van der Waals surface area contributed by atoms with Gasteiger partial charge < -0.3 is 0 Å². The van der Waals surface area contributed by atoms with Gasteiger partial charge in [-0.2, -0.15) is 9.61 Å². The van der Waals surface area contributed by atoms with Crippen LogP contribution in [-0.4, -0.2) is 30.0 Å². The van der Waals surface area contributed by atoms with E-state index in [9.17, 15) is 0 Å². The molecule has 0 amide bonds. The predicted octanol–water partition coefficient (Wildman–Crippen LogP) is 3.61. The zero-order chi connectivity index (χ0) is 14.8. The quantitative estimate of drug-likeness (QED) is 0.739. The monoisotopic (exact) mass is 311 g/mol. The van der Waals surface area contributed by atoms with Crippen molar-refractivity contribution < 1.29 is 0 Å². The first-order chi connectivity index (χ1) is 10.9. The highest BCUT2D eigenvalue weighted by Crippen LogP contribution is 2.32. The van der Waals surface area contributed by atoms with Gasteiger partial charge in [-0.05, 0) is 37.1 Å². The maximum absolute atomic E-state index is 4.68. The van der Waals surface area contributed by atoms with Crippen LogP contribution >= 0.6 is 11.8 Å². The van der Waals surface area contributed by atoms with E-state index in [1.54, 1.807) is 6.20 Å². The molecule has 0 radical (unpaired) electrons. The number of hydrogen-bond acceptors (Lipinski definition) is 5. The molecule has 22 heavy (non-hydrogen) atoms. The Morgan fingerprint density at radius 1 is 0.955 bits per heavy atom. The van der Waals surface area contributed by atoms with Crippen LogP contribution < -0.4 is 0 Å². The Morgan fingerprint density at radius 2 is 1.86 bits per heavy atom. The summed E-state index contributed by atoms with van der Waals surface area (Å²) in [5.74, 6) is 0. The summed E-state index contributed by atoms with van der Waals surface area (Å²) < 4.78 is 1.85. The molecule has 5 nitrogen and oxygen atoms in total. The fourth-order valence-electron chi connectivity index (χ4n) is 2.83. The number of aromatic nitrogens is 5. The van der Waals surface area contributed by atoms with Crippen LogP contribution in [0.2, 0.25) is 0 Å². The third kappa shape index (κ3) is 2.70. The fraction of sp³-hybridized carbons (Fsp3) is 0.375. The second-order valence-electron chi connectivity index (χ2n) is 5.56. The summed E-state index contributed by atoms with van der Waals surface area (Å²) in [6, 6.07) is 9.74. The summed E-state index contributed by atoms with van der Waals surface area (Å²) in [5, 5.41) is 14.8. The highest BCUT2D eigenvalue weighted by molar-refractivity contribution is 7.99. The van der Waals surface area contributed by atoms with E-state index in [-0.39, 0.29) is 0 Å². The van der Waals surface area contributed by atoms with Crippen molar-refractivity contribution in [1.82, 2.24) is 24.8 Å². The molecule has 0 unspecified atom stereocenters. The van der Waals surface area contributed by atoms with Gasteiger partial charge in [0.05, 0.1) is 5.69 Å². The molecular formula is C16H17N5S. The van der Waals surface area contributed by atoms with Crippen molar-refractivity contribution in [2.24, 2.45) is 0 Å². The maximum Gasteiger partial charge on any atom is 0.212 e. The van der Waals surface area contributed by atoms with Gasteiger partial charge >= 0.3 is 0 Å². The molecule has 0 bridgehead atoms. The van der Waals surface area contributed by atoms with E-state index < -0.39 is 0 Å². The molecule has 0 spiro atoms. The Kier molecular flexibility index (Phi) is 3.76. The van der Waals surface area contributed by atoms with E-state index in [0.717, 1.165) is 22.2 Å².